The lowest BCUT2D eigenvalue weighted by Crippen LogP contribution is -2.47. The summed E-state index contributed by atoms with van der Waals surface area (Å²) in [5, 5.41) is 14.3. The lowest BCUT2D eigenvalue weighted by Gasteiger charge is -2.34. The topological polar surface area (TPSA) is 137 Å². The zero-order valence-corrected chi connectivity index (χ0v) is 28.9. The van der Waals surface area contributed by atoms with Crippen LogP contribution in [0, 0.1) is 5.82 Å². The number of alkyl halides is 1. The number of nitrogens with zero attached hydrogens (tertiary/aromatic N) is 6. The number of hydrogen-bond donors (Lipinski definition) is 2. The summed E-state index contributed by atoms with van der Waals surface area (Å²) in [6.45, 7) is 2.73. The Kier molecular flexibility index (Phi) is 7.63. The summed E-state index contributed by atoms with van der Waals surface area (Å²) in [6.07, 6.45) is 4.01. The van der Waals surface area contributed by atoms with Crippen LogP contribution in [-0.4, -0.2) is 84.5 Å². The molecule has 1 saturated heterocycles. The van der Waals surface area contributed by atoms with Crippen molar-refractivity contribution in [2.24, 2.45) is 0 Å². The van der Waals surface area contributed by atoms with Gasteiger partial charge in [0.15, 0.2) is 6.23 Å². The first-order chi connectivity index (χ1) is 24.3. The Morgan fingerprint density at radius 3 is 2.61 bits per heavy atom. The number of aromatic nitrogens is 3. The molecule has 0 saturated carbocycles. The van der Waals surface area contributed by atoms with Gasteiger partial charge in [-0.1, -0.05) is 6.07 Å². The number of benzene rings is 2. The number of hydrogen-bond acceptors (Lipinski definition) is 9. The number of pyridine rings is 1. The predicted molar refractivity (Wildman–Crippen MR) is 191 cm³/mol. The van der Waals surface area contributed by atoms with Crippen LogP contribution < -0.4 is 14.5 Å². The fraction of sp³-hybridized carbons (Fsp3) is 0.250. The molecule has 1 unspecified atom stereocenters. The molecule has 2 aliphatic rings. The van der Waals surface area contributed by atoms with Crippen LogP contribution in [0.25, 0.3) is 49.7 Å². The van der Waals surface area contributed by atoms with E-state index in [1.165, 1.54) is 31.1 Å². The molecule has 0 aliphatic carbocycles. The van der Waals surface area contributed by atoms with E-state index in [1.807, 2.05) is 16.2 Å². The van der Waals surface area contributed by atoms with Crippen molar-refractivity contribution >= 4 is 65.9 Å². The molecule has 15 heteroatoms. The third-order valence-electron chi connectivity index (χ3n) is 9.48. The number of aliphatic hydroxyl groups is 1. The summed E-state index contributed by atoms with van der Waals surface area (Å²) in [5.74, 6) is -0.244. The number of carbonyl (C=O) groups excluding carboxylic acids is 1. The van der Waals surface area contributed by atoms with E-state index in [2.05, 4.69) is 5.32 Å². The third kappa shape index (κ3) is 5.39. The summed E-state index contributed by atoms with van der Waals surface area (Å²) in [4.78, 5) is 26.7. The number of halogens is 2. The number of carbonyl (C=O) groups is 1. The van der Waals surface area contributed by atoms with Crippen LogP contribution in [0.5, 0.6) is 0 Å². The van der Waals surface area contributed by atoms with Gasteiger partial charge in [0, 0.05) is 55.8 Å². The highest BCUT2D eigenvalue weighted by molar-refractivity contribution is 7.92. The van der Waals surface area contributed by atoms with E-state index in [0.717, 1.165) is 16.1 Å². The molecule has 262 valence electrons. The number of allylic oxidation sites excluding steroid dienone is 2. The number of fused-ring (bicyclic) bond motifs is 6. The molecular weight excluding hydrogens is 681 g/mol. The average Bonchev–Trinajstić information content (AvgIpc) is 3.66. The van der Waals surface area contributed by atoms with Crippen molar-refractivity contribution in [2.75, 3.05) is 42.6 Å². The number of likely N-dealkylation sites (tertiary alicyclic amines) is 1. The van der Waals surface area contributed by atoms with Crippen LogP contribution in [0.2, 0.25) is 0 Å². The molecule has 6 aromatic rings. The van der Waals surface area contributed by atoms with E-state index in [-0.39, 0.29) is 35.8 Å². The number of anilines is 2. The Bertz CT molecular complexity index is 2610. The van der Waals surface area contributed by atoms with Gasteiger partial charge >= 0.3 is 0 Å². The van der Waals surface area contributed by atoms with Crippen LogP contribution in [0.4, 0.5) is 20.4 Å². The molecule has 51 heavy (non-hydrogen) atoms. The minimum Gasteiger partial charge on any atom is -0.439 e. The molecule has 12 nitrogen and oxygen atoms in total. The summed E-state index contributed by atoms with van der Waals surface area (Å²) in [5.41, 5.74) is 4.16. The summed E-state index contributed by atoms with van der Waals surface area (Å²) >= 11 is 0. The van der Waals surface area contributed by atoms with Crippen LogP contribution >= 0.6 is 0 Å². The molecular formula is C36H33F2N7O5S. The molecule has 2 aromatic carbocycles. The van der Waals surface area contributed by atoms with E-state index in [0.29, 0.717) is 56.5 Å². The number of rotatable bonds is 7. The molecule has 1 atom stereocenters. The molecule has 8 rings (SSSR count). The number of aliphatic hydroxyl groups excluding tert-OH is 1. The van der Waals surface area contributed by atoms with Gasteiger partial charge in [0.1, 0.15) is 34.5 Å². The standard InChI is InChI=1S/C36H33F2N7O5S/c1-19-10-11-44(32(46)12-19)36-33(35(47)39-2)23-13-22(28(15-30(23)50-36)42(3)51(4,48)49)25-8-9-26-34(41-25)29-14-21-24(38)6-5-7-27(21)45(29)31(40-26)18-43-16-20(37)17-43/h5-15,20,32,46H,16-18H2,1-4H3,(H,39,47). The first-order valence-corrected chi connectivity index (χ1v) is 18.0. The number of sulfonamides is 1. The first kappa shape index (κ1) is 32.8. The molecule has 1 amide bonds. The SMILES string of the molecule is CNC(=O)c1c(N2C=CC(C)=CC2O)oc2cc(N(C)S(C)(=O)=O)c(-c3ccc4nc(CN5CC(F)C5)n5c6cccc(F)c6cc5c4n3)cc12. The van der Waals surface area contributed by atoms with Gasteiger partial charge in [0.25, 0.3) is 5.91 Å². The van der Waals surface area contributed by atoms with Crippen LogP contribution in [0.3, 0.4) is 0 Å². The Morgan fingerprint density at radius 1 is 1.12 bits per heavy atom. The lowest BCUT2D eigenvalue weighted by atomic mass is 10.0. The van der Waals surface area contributed by atoms with Crippen molar-refractivity contribution in [2.45, 2.75) is 25.9 Å². The molecule has 0 spiro atoms. The second-order valence-corrected chi connectivity index (χ2v) is 14.9. The second kappa shape index (κ2) is 11.9. The van der Waals surface area contributed by atoms with Crippen molar-refractivity contribution in [1.82, 2.24) is 24.6 Å². The third-order valence-corrected chi connectivity index (χ3v) is 10.7. The molecule has 6 heterocycles. The zero-order chi connectivity index (χ0) is 35.9. The minimum absolute atomic E-state index is 0.0649. The summed E-state index contributed by atoms with van der Waals surface area (Å²) in [7, 11) is -0.926. The van der Waals surface area contributed by atoms with Crippen molar-refractivity contribution in [3.63, 3.8) is 0 Å². The van der Waals surface area contributed by atoms with Gasteiger partial charge in [-0.2, -0.15) is 0 Å². The van der Waals surface area contributed by atoms with E-state index >= 15 is 4.39 Å². The van der Waals surface area contributed by atoms with E-state index in [9.17, 15) is 22.7 Å². The predicted octanol–water partition coefficient (Wildman–Crippen LogP) is 5.10. The lowest BCUT2D eigenvalue weighted by molar-refractivity contribution is 0.0567. The number of nitrogens with one attached hydrogen (secondary N) is 1. The fourth-order valence-corrected chi connectivity index (χ4v) is 7.30. The van der Waals surface area contributed by atoms with E-state index in [4.69, 9.17) is 14.4 Å². The van der Waals surface area contributed by atoms with Gasteiger partial charge in [-0.05, 0) is 61.0 Å². The Morgan fingerprint density at radius 2 is 1.90 bits per heavy atom. The molecule has 4 aromatic heterocycles. The number of amides is 1. The Hall–Kier alpha value is -5.38. The quantitative estimate of drug-likeness (QED) is 0.232. The summed E-state index contributed by atoms with van der Waals surface area (Å²) < 4.78 is 64.0. The van der Waals surface area contributed by atoms with Gasteiger partial charge in [0.2, 0.25) is 15.9 Å². The van der Waals surface area contributed by atoms with Crippen LogP contribution in [0.1, 0.15) is 23.1 Å². The largest absolute Gasteiger partial charge is 0.439 e. The van der Waals surface area contributed by atoms with Crippen LogP contribution in [0.15, 0.2) is 76.9 Å². The molecule has 1 fully saturated rings. The maximum atomic E-state index is 15.2. The van der Waals surface area contributed by atoms with E-state index in [1.54, 1.807) is 54.8 Å². The molecule has 2 N–H and O–H groups in total. The van der Waals surface area contributed by atoms with Crippen molar-refractivity contribution < 1.29 is 31.5 Å². The zero-order valence-electron chi connectivity index (χ0n) is 28.1. The molecule has 0 radical (unpaired) electrons. The van der Waals surface area contributed by atoms with Crippen molar-refractivity contribution in [3.8, 4) is 11.3 Å². The Labute approximate surface area is 290 Å². The molecule has 0 bridgehead atoms. The number of furan rings is 1. The summed E-state index contributed by atoms with van der Waals surface area (Å²) in [6, 6.07) is 13.1. The monoisotopic (exact) mass is 713 g/mol. The maximum Gasteiger partial charge on any atom is 0.257 e. The highest BCUT2D eigenvalue weighted by Gasteiger charge is 2.31. The maximum absolute atomic E-state index is 15.2. The smallest absolute Gasteiger partial charge is 0.257 e. The van der Waals surface area contributed by atoms with Crippen LogP contribution in [-0.2, 0) is 16.6 Å². The van der Waals surface area contributed by atoms with E-state index < -0.39 is 34.1 Å². The first-order valence-electron chi connectivity index (χ1n) is 16.2. The van der Waals surface area contributed by atoms with Gasteiger partial charge in [-0.3, -0.25) is 23.3 Å². The minimum atomic E-state index is -3.81. The van der Waals surface area contributed by atoms with Gasteiger partial charge in [-0.15, -0.1) is 0 Å². The highest BCUT2D eigenvalue weighted by Crippen LogP contribution is 2.42. The molecule has 2 aliphatic heterocycles. The van der Waals surface area contributed by atoms with Gasteiger partial charge in [0.05, 0.1) is 40.7 Å². The normalized spacial score (nSPS) is 17.1. The van der Waals surface area contributed by atoms with Gasteiger partial charge < -0.3 is 14.8 Å². The highest BCUT2D eigenvalue weighted by atomic mass is 32.2. The fourth-order valence-electron chi connectivity index (χ4n) is 6.79. The van der Waals surface area contributed by atoms with Crippen molar-refractivity contribution in [3.05, 3.63) is 89.7 Å². The Balaban J connectivity index is 1.38. The average molecular weight is 714 g/mol. The van der Waals surface area contributed by atoms with Gasteiger partial charge in [-0.25, -0.2) is 27.2 Å². The second-order valence-electron chi connectivity index (χ2n) is 12.9. The van der Waals surface area contributed by atoms with Crippen molar-refractivity contribution in [1.29, 1.82) is 0 Å².